The molecule has 1 saturated heterocycles. The van der Waals surface area contributed by atoms with Crippen LogP contribution in [0.25, 0.3) is 0 Å². The van der Waals surface area contributed by atoms with Gasteiger partial charge in [-0.3, -0.25) is 9.83 Å². The average Bonchev–Trinajstić information content (AvgIpc) is 3.42. The Labute approximate surface area is 220 Å². The van der Waals surface area contributed by atoms with Crippen LogP contribution >= 0.6 is 0 Å². The lowest BCUT2D eigenvalue weighted by molar-refractivity contribution is -0.163. The third-order valence-electron chi connectivity index (χ3n) is 6.17. The summed E-state index contributed by atoms with van der Waals surface area (Å²) >= 11 is 0. The highest BCUT2D eigenvalue weighted by molar-refractivity contribution is 5.97. The number of carboxylic acid groups (broad SMARTS) is 1. The first-order valence-corrected chi connectivity index (χ1v) is 12.1. The summed E-state index contributed by atoms with van der Waals surface area (Å²) in [6.45, 7) is 0.596. The molecule has 0 saturated carbocycles. The minimum absolute atomic E-state index is 0.165. The van der Waals surface area contributed by atoms with Crippen LogP contribution in [0.5, 0.6) is 5.75 Å². The molecule has 10 nitrogen and oxygen atoms in total. The van der Waals surface area contributed by atoms with Gasteiger partial charge in [0.15, 0.2) is 6.10 Å². The third kappa shape index (κ3) is 6.87. The van der Waals surface area contributed by atoms with Crippen LogP contribution in [0.15, 0.2) is 89.9 Å². The van der Waals surface area contributed by atoms with Gasteiger partial charge < -0.3 is 25.2 Å². The minimum atomic E-state index is -1.16. The number of amides is 1. The summed E-state index contributed by atoms with van der Waals surface area (Å²) in [5, 5.41) is 9.09. The number of nitrogens with two attached hydrogens (primary N) is 2. The first kappa shape index (κ1) is 26.6. The van der Waals surface area contributed by atoms with Crippen molar-refractivity contribution >= 4 is 17.9 Å². The van der Waals surface area contributed by atoms with E-state index in [4.69, 9.17) is 31.0 Å². The molecule has 5 N–H and O–H groups in total. The molecule has 3 aromatic rings. The van der Waals surface area contributed by atoms with Crippen LogP contribution in [0.4, 0.5) is 4.79 Å². The minimum Gasteiger partial charge on any atom is -0.490 e. The number of carbonyl (C=O) groups excluding carboxylic acids is 1. The smallest absolute Gasteiger partial charge is 0.407 e. The first-order chi connectivity index (χ1) is 18.4. The molecular formula is C28H30N4O6. The molecule has 2 unspecified atom stereocenters. The molecule has 3 aromatic carbocycles. The van der Waals surface area contributed by atoms with Crippen LogP contribution in [0.1, 0.15) is 29.2 Å². The molecule has 2 atom stereocenters. The lowest BCUT2D eigenvalue weighted by Crippen LogP contribution is -2.35. The molecule has 1 aliphatic rings. The monoisotopic (exact) mass is 518 g/mol. The standard InChI is InChI=1S/C28H30N4O6/c29-26(31-22-15-16-32(17-22)28(34)35)21-11-13-23(14-12-21)36-18-24(38-30)27(33)37-25(19-7-3-1-4-8-19)20-9-5-2-6-10-20/h1-14,22,24-25H,15-18,30H2,(H2,29,31)(H,34,35). The Morgan fingerprint density at radius 2 is 1.58 bits per heavy atom. The number of likely N-dealkylation sites (tertiary alicyclic amines) is 1. The van der Waals surface area contributed by atoms with Crippen molar-refractivity contribution in [3.63, 3.8) is 0 Å². The van der Waals surface area contributed by atoms with E-state index in [1.54, 1.807) is 24.3 Å². The Balaban J connectivity index is 1.36. The molecule has 38 heavy (non-hydrogen) atoms. The van der Waals surface area contributed by atoms with Gasteiger partial charge in [-0.1, -0.05) is 60.7 Å². The van der Waals surface area contributed by atoms with Crippen LogP contribution in [0.2, 0.25) is 0 Å². The van der Waals surface area contributed by atoms with Crippen molar-refractivity contribution in [1.29, 1.82) is 0 Å². The number of carbonyl (C=O) groups is 2. The summed E-state index contributed by atoms with van der Waals surface area (Å²) in [5.41, 5.74) is 8.41. The Bertz CT molecular complexity index is 1200. The van der Waals surface area contributed by atoms with E-state index in [0.717, 1.165) is 11.1 Å². The summed E-state index contributed by atoms with van der Waals surface area (Å²) in [4.78, 5) is 34.7. The fraction of sp³-hybridized carbons (Fsp3) is 0.250. The molecular weight excluding hydrogens is 488 g/mol. The highest BCUT2D eigenvalue weighted by Gasteiger charge is 2.27. The van der Waals surface area contributed by atoms with Crippen molar-refractivity contribution in [3.05, 3.63) is 102 Å². The first-order valence-electron chi connectivity index (χ1n) is 12.1. The van der Waals surface area contributed by atoms with Crippen LogP contribution in [-0.4, -0.2) is 59.7 Å². The van der Waals surface area contributed by atoms with E-state index in [2.05, 4.69) is 4.99 Å². The second kappa shape index (κ2) is 12.7. The molecule has 0 bridgehead atoms. The Kier molecular flexibility index (Phi) is 8.91. The third-order valence-corrected chi connectivity index (χ3v) is 6.17. The van der Waals surface area contributed by atoms with Crippen LogP contribution in [0, 0.1) is 0 Å². The molecule has 1 aliphatic heterocycles. The maximum absolute atomic E-state index is 12.9. The fourth-order valence-electron chi connectivity index (χ4n) is 4.13. The highest BCUT2D eigenvalue weighted by atomic mass is 16.7. The zero-order valence-corrected chi connectivity index (χ0v) is 20.7. The van der Waals surface area contributed by atoms with Gasteiger partial charge in [-0.05, 0) is 41.8 Å². The molecule has 1 heterocycles. The number of aliphatic imine (C=N–C) groups is 1. The topological polar surface area (TPSA) is 150 Å². The number of esters is 1. The van der Waals surface area contributed by atoms with Gasteiger partial charge in [0.25, 0.3) is 0 Å². The summed E-state index contributed by atoms with van der Waals surface area (Å²) in [6.07, 6.45) is -2.12. The van der Waals surface area contributed by atoms with Gasteiger partial charge in [-0.15, -0.1) is 0 Å². The van der Waals surface area contributed by atoms with Crippen LogP contribution in [-0.2, 0) is 14.4 Å². The number of benzene rings is 3. The van der Waals surface area contributed by atoms with Crippen molar-refractivity contribution in [1.82, 2.24) is 4.90 Å². The second-order valence-corrected chi connectivity index (χ2v) is 8.78. The lowest BCUT2D eigenvalue weighted by Gasteiger charge is -2.22. The van der Waals surface area contributed by atoms with E-state index in [1.165, 1.54) is 4.90 Å². The van der Waals surface area contributed by atoms with Crippen molar-refractivity contribution in [2.45, 2.75) is 24.7 Å². The molecule has 0 spiro atoms. The molecule has 10 heteroatoms. The van der Waals surface area contributed by atoms with Crippen LogP contribution in [0.3, 0.4) is 0 Å². The number of rotatable bonds is 10. The summed E-state index contributed by atoms with van der Waals surface area (Å²) in [6, 6.07) is 25.5. The summed E-state index contributed by atoms with van der Waals surface area (Å²) in [7, 11) is 0. The Morgan fingerprint density at radius 1 is 0.974 bits per heavy atom. The maximum Gasteiger partial charge on any atom is 0.407 e. The second-order valence-electron chi connectivity index (χ2n) is 8.78. The predicted molar refractivity (Wildman–Crippen MR) is 141 cm³/mol. The zero-order chi connectivity index (χ0) is 26.9. The number of hydrogen-bond acceptors (Lipinski definition) is 7. The van der Waals surface area contributed by atoms with Gasteiger partial charge in [-0.2, -0.15) is 0 Å². The van der Waals surface area contributed by atoms with E-state index in [0.29, 0.717) is 36.7 Å². The van der Waals surface area contributed by atoms with Crippen molar-refractivity contribution in [2.75, 3.05) is 19.7 Å². The normalized spacial score (nSPS) is 16.3. The molecule has 0 aromatic heterocycles. The highest BCUT2D eigenvalue weighted by Crippen LogP contribution is 2.26. The van der Waals surface area contributed by atoms with E-state index in [-0.39, 0.29) is 12.6 Å². The molecule has 0 aliphatic carbocycles. The van der Waals surface area contributed by atoms with E-state index in [1.807, 2.05) is 60.7 Å². The number of ether oxygens (including phenoxy) is 2. The van der Waals surface area contributed by atoms with Crippen molar-refractivity contribution < 1.29 is 29.0 Å². The van der Waals surface area contributed by atoms with Gasteiger partial charge in [0, 0.05) is 18.7 Å². The molecule has 0 radical (unpaired) electrons. The SMILES string of the molecule is NOC(COc1ccc(C(N)=NC2CCN(C(=O)O)C2)cc1)C(=O)OC(c1ccccc1)c1ccccc1. The summed E-state index contributed by atoms with van der Waals surface area (Å²) in [5.74, 6) is 5.53. The van der Waals surface area contributed by atoms with Gasteiger partial charge >= 0.3 is 12.1 Å². The molecule has 198 valence electrons. The molecule has 1 amide bonds. The van der Waals surface area contributed by atoms with Gasteiger partial charge in [0.05, 0.1) is 6.04 Å². The predicted octanol–water partition coefficient (Wildman–Crippen LogP) is 3.11. The van der Waals surface area contributed by atoms with E-state index >= 15 is 0 Å². The van der Waals surface area contributed by atoms with E-state index in [9.17, 15) is 9.59 Å². The largest absolute Gasteiger partial charge is 0.490 e. The van der Waals surface area contributed by atoms with Gasteiger partial charge in [0.1, 0.15) is 18.2 Å². The molecule has 4 rings (SSSR count). The fourth-order valence-corrected chi connectivity index (χ4v) is 4.13. The average molecular weight is 519 g/mol. The number of amidine groups is 1. The van der Waals surface area contributed by atoms with Gasteiger partial charge in [0.2, 0.25) is 6.10 Å². The van der Waals surface area contributed by atoms with Crippen LogP contribution < -0.4 is 16.4 Å². The quantitative estimate of drug-likeness (QED) is 0.160. The number of nitrogens with zero attached hydrogens (tertiary/aromatic N) is 2. The van der Waals surface area contributed by atoms with Crippen molar-refractivity contribution in [3.8, 4) is 5.75 Å². The number of hydrogen-bond donors (Lipinski definition) is 3. The zero-order valence-electron chi connectivity index (χ0n) is 20.7. The lowest BCUT2D eigenvalue weighted by atomic mass is 10.0. The van der Waals surface area contributed by atoms with Gasteiger partial charge in [-0.25, -0.2) is 15.5 Å². The Hall–Kier alpha value is -4.41. The van der Waals surface area contributed by atoms with Crippen molar-refractivity contribution in [2.24, 2.45) is 16.6 Å². The Morgan fingerprint density at radius 3 is 2.11 bits per heavy atom. The van der Waals surface area contributed by atoms with E-state index < -0.39 is 24.3 Å². The maximum atomic E-state index is 12.9. The molecule has 1 fully saturated rings. The summed E-state index contributed by atoms with van der Waals surface area (Å²) < 4.78 is 11.5.